The summed E-state index contributed by atoms with van der Waals surface area (Å²) in [6.07, 6.45) is -0.146. The molecule has 1 aliphatic rings. The molecule has 6 heteroatoms. The lowest BCUT2D eigenvalue weighted by atomic mass is 10.1. The molecule has 3 aromatic rings. The van der Waals surface area contributed by atoms with E-state index in [1.54, 1.807) is 12.0 Å². The Kier molecular flexibility index (Phi) is 4.17. The first-order valence-electron chi connectivity index (χ1n) is 8.58. The van der Waals surface area contributed by atoms with Gasteiger partial charge in [0.05, 0.1) is 12.3 Å². The molecule has 1 aliphatic heterocycles. The van der Waals surface area contributed by atoms with Gasteiger partial charge in [-0.1, -0.05) is 17.7 Å². The number of aromatic nitrogens is 1. The van der Waals surface area contributed by atoms with Crippen molar-refractivity contribution in [2.75, 3.05) is 17.3 Å². The van der Waals surface area contributed by atoms with Crippen LogP contribution in [0.1, 0.15) is 33.4 Å². The molecule has 1 N–H and O–H groups in total. The van der Waals surface area contributed by atoms with Crippen LogP contribution in [0.15, 0.2) is 30.3 Å². The van der Waals surface area contributed by atoms with Gasteiger partial charge in [-0.2, -0.15) is 0 Å². The Balaban J connectivity index is 1.86. The second-order valence-electron chi connectivity index (χ2n) is 6.67. The molecule has 2 aromatic heterocycles. The number of pyridine rings is 1. The molecule has 0 aliphatic carbocycles. The zero-order chi connectivity index (χ0) is 18.4. The smallest absolute Gasteiger partial charge is 0.272 e. The number of rotatable bonds is 3. The molecule has 26 heavy (non-hydrogen) atoms. The Hall–Kier alpha value is -2.44. The minimum absolute atomic E-state index is 0.0131. The van der Waals surface area contributed by atoms with E-state index in [0.717, 1.165) is 32.8 Å². The van der Waals surface area contributed by atoms with Crippen molar-refractivity contribution in [2.45, 2.75) is 33.5 Å². The van der Waals surface area contributed by atoms with Gasteiger partial charge in [-0.3, -0.25) is 9.69 Å². The van der Waals surface area contributed by atoms with Gasteiger partial charge in [0.25, 0.3) is 5.91 Å². The summed E-state index contributed by atoms with van der Waals surface area (Å²) in [5, 5.41) is 4.52. The molecular weight excluding hydrogens is 346 g/mol. The molecule has 0 saturated carbocycles. The number of nitrogens with one attached hydrogen (secondary N) is 1. The normalized spacial score (nSPS) is 16.7. The summed E-state index contributed by atoms with van der Waals surface area (Å²) in [5.41, 5.74) is 4.93. The van der Waals surface area contributed by atoms with E-state index in [9.17, 15) is 4.79 Å². The van der Waals surface area contributed by atoms with Gasteiger partial charge in [0.1, 0.15) is 15.9 Å². The first-order chi connectivity index (χ1) is 12.5. The predicted molar refractivity (Wildman–Crippen MR) is 106 cm³/mol. The fraction of sp³-hybridized carbons (Fsp3) is 0.300. The number of thiophene rings is 1. The third-order valence-electron chi connectivity index (χ3n) is 4.64. The van der Waals surface area contributed by atoms with Gasteiger partial charge >= 0.3 is 0 Å². The van der Waals surface area contributed by atoms with E-state index in [1.807, 2.05) is 51.1 Å². The van der Waals surface area contributed by atoms with Gasteiger partial charge in [-0.05, 0) is 44.5 Å². The third-order valence-corrected chi connectivity index (χ3v) is 5.71. The highest BCUT2D eigenvalue weighted by Gasteiger charge is 2.34. The number of hydrogen-bond acceptors (Lipinski definition) is 5. The molecule has 1 amide bonds. The number of benzene rings is 1. The van der Waals surface area contributed by atoms with Gasteiger partial charge in [0.2, 0.25) is 0 Å². The average Bonchev–Trinajstić information content (AvgIpc) is 2.95. The fourth-order valence-corrected chi connectivity index (χ4v) is 4.64. The molecule has 0 radical (unpaired) electrons. The Morgan fingerprint density at radius 1 is 1.27 bits per heavy atom. The minimum atomic E-state index is -0.146. The molecule has 0 bridgehead atoms. The summed E-state index contributed by atoms with van der Waals surface area (Å²) in [6, 6.07) is 10.1. The number of amides is 1. The number of anilines is 2. The summed E-state index contributed by atoms with van der Waals surface area (Å²) < 4.78 is 5.36. The van der Waals surface area contributed by atoms with Crippen LogP contribution in [0.2, 0.25) is 0 Å². The quantitative estimate of drug-likeness (QED) is 0.742. The third kappa shape index (κ3) is 2.66. The molecule has 5 nitrogen and oxygen atoms in total. The molecule has 3 heterocycles. The van der Waals surface area contributed by atoms with Gasteiger partial charge in [-0.15, -0.1) is 11.3 Å². The second-order valence-corrected chi connectivity index (χ2v) is 7.67. The molecule has 134 valence electrons. The molecule has 0 fully saturated rings. The van der Waals surface area contributed by atoms with Crippen molar-refractivity contribution in [3.8, 4) is 0 Å². The number of fused-ring (bicyclic) bond motifs is 3. The highest BCUT2D eigenvalue weighted by Crippen LogP contribution is 2.42. The number of carbonyl (C=O) groups excluding carboxylic acids is 1. The Labute approximate surface area is 156 Å². The second kappa shape index (κ2) is 6.37. The van der Waals surface area contributed by atoms with Gasteiger partial charge < -0.3 is 10.1 Å². The lowest BCUT2D eigenvalue weighted by Gasteiger charge is -2.34. The molecule has 0 saturated heterocycles. The van der Waals surface area contributed by atoms with E-state index >= 15 is 0 Å². The summed E-state index contributed by atoms with van der Waals surface area (Å²) >= 11 is 1.45. The summed E-state index contributed by atoms with van der Waals surface area (Å²) in [5.74, 6) is 0.0131. The summed E-state index contributed by atoms with van der Waals surface area (Å²) in [4.78, 5) is 21.3. The van der Waals surface area contributed by atoms with E-state index in [-0.39, 0.29) is 12.1 Å². The lowest BCUT2D eigenvalue weighted by Crippen LogP contribution is -2.46. The van der Waals surface area contributed by atoms with Crippen molar-refractivity contribution in [2.24, 2.45) is 0 Å². The summed E-state index contributed by atoms with van der Waals surface area (Å²) in [7, 11) is 1.68. The van der Waals surface area contributed by atoms with Crippen LogP contribution in [0, 0.1) is 13.8 Å². The largest absolute Gasteiger partial charge is 0.380 e. The van der Waals surface area contributed by atoms with Gasteiger partial charge in [0.15, 0.2) is 0 Å². The maximum absolute atomic E-state index is 13.3. The first kappa shape index (κ1) is 17.0. The molecule has 1 aromatic carbocycles. The summed E-state index contributed by atoms with van der Waals surface area (Å²) in [6.45, 7) is 6.50. The minimum Gasteiger partial charge on any atom is -0.380 e. The SMILES string of the molecule is COCc1cc(C)nc2sc3c(c12)N[C@@H](C)N(c1ccc(C)cc1)C3=O. The Morgan fingerprint density at radius 2 is 2.00 bits per heavy atom. The van der Waals surface area contributed by atoms with E-state index in [1.165, 1.54) is 16.9 Å². The van der Waals surface area contributed by atoms with Crippen molar-refractivity contribution >= 4 is 38.8 Å². The average molecular weight is 367 g/mol. The molecule has 0 unspecified atom stereocenters. The van der Waals surface area contributed by atoms with Crippen molar-refractivity contribution < 1.29 is 9.53 Å². The fourth-order valence-electron chi connectivity index (χ4n) is 3.48. The Bertz CT molecular complexity index is 994. The van der Waals surface area contributed by atoms with Crippen LogP contribution in [0.5, 0.6) is 0 Å². The molecule has 1 atom stereocenters. The van der Waals surface area contributed by atoms with Crippen LogP contribution in [0.3, 0.4) is 0 Å². The van der Waals surface area contributed by atoms with E-state index in [4.69, 9.17) is 4.74 Å². The number of nitrogens with zero attached hydrogens (tertiary/aromatic N) is 2. The monoisotopic (exact) mass is 367 g/mol. The number of hydrogen-bond donors (Lipinski definition) is 1. The maximum Gasteiger partial charge on any atom is 0.272 e. The van der Waals surface area contributed by atoms with Crippen LogP contribution >= 0.6 is 11.3 Å². The van der Waals surface area contributed by atoms with Gasteiger partial charge in [0, 0.05) is 23.9 Å². The first-order valence-corrected chi connectivity index (χ1v) is 9.40. The van der Waals surface area contributed by atoms with Crippen LogP contribution in [-0.2, 0) is 11.3 Å². The van der Waals surface area contributed by atoms with E-state index in [2.05, 4.69) is 10.3 Å². The predicted octanol–water partition coefficient (Wildman–Crippen LogP) is 4.48. The molecule has 0 spiro atoms. The number of ether oxygens (including phenoxy) is 1. The molecule has 4 rings (SSSR count). The van der Waals surface area contributed by atoms with Gasteiger partial charge in [-0.25, -0.2) is 4.98 Å². The van der Waals surface area contributed by atoms with Crippen molar-refractivity contribution in [1.82, 2.24) is 4.98 Å². The highest BCUT2D eigenvalue weighted by molar-refractivity contribution is 7.21. The number of aryl methyl sites for hydroxylation is 2. The van der Waals surface area contributed by atoms with Crippen molar-refractivity contribution in [3.63, 3.8) is 0 Å². The maximum atomic E-state index is 13.3. The van der Waals surface area contributed by atoms with Crippen molar-refractivity contribution in [1.29, 1.82) is 0 Å². The number of carbonyl (C=O) groups is 1. The zero-order valence-corrected chi connectivity index (χ0v) is 16.1. The molecular formula is C20H21N3O2S. The van der Waals surface area contributed by atoms with E-state index < -0.39 is 0 Å². The lowest BCUT2D eigenvalue weighted by molar-refractivity contribution is 0.0981. The van der Waals surface area contributed by atoms with E-state index in [0.29, 0.717) is 11.5 Å². The van der Waals surface area contributed by atoms with Crippen LogP contribution in [0.25, 0.3) is 10.2 Å². The van der Waals surface area contributed by atoms with Crippen LogP contribution in [-0.4, -0.2) is 24.2 Å². The van der Waals surface area contributed by atoms with Crippen LogP contribution in [0.4, 0.5) is 11.4 Å². The Morgan fingerprint density at radius 3 is 2.69 bits per heavy atom. The van der Waals surface area contributed by atoms with Crippen molar-refractivity contribution in [3.05, 3.63) is 52.0 Å². The van der Waals surface area contributed by atoms with Crippen LogP contribution < -0.4 is 10.2 Å². The topological polar surface area (TPSA) is 54.5 Å². The standard InChI is InChI=1S/C20H21N3O2S/c1-11-5-7-15(8-6-11)23-13(3)22-17-16-14(10-25-4)9-12(2)21-19(16)26-18(17)20(23)24/h5-9,13,22H,10H2,1-4H3/t13-/m1/s1. The number of methoxy groups -OCH3 is 1. The zero-order valence-electron chi connectivity index (χ0n) is 15.3. The highest BCUT2D eigenvalue weighted by atomic mass is 32.1.